The Labute approximate surface area is 100 Å². The largest absolute Gasteiger partial charge is 0.313 e. The molecule has 2 aromatic heterocycles. The summed E-state index contributed by atoms with van der Waals surface area (Å²) < 4.78 is 0. The van der Waals surface area contributed by atoms with Gasteiger partial charge in [-0.1, -0.05) is 12.1 Å². The molecule has 0 fully saturated rings. The number of thiophene rings is 1. The second-order valence-corrected chi connectivity index (χ2v) is 4.95. The van der Waals surface area contributed by atoms with Crippen molar-refractivity contribution in [3.63, 3.8) is 0 Å². The zero-order chi connectivity index (χ0) is 11.4. The van der Waals surface area contributed by atoms with Crippen LogP contribution >= 0.6 is 11.3 Å². The van der Waals surface area contributed by atoms with Gasteiger partial charge in [0.1, 0.15) is 0 Å². The zero-order valence-corrected chi connectivity index (χ0v) is 10.4. The first-order valence-corrected chi connectivity index (χ1v) is 6.29. The molecule has 2 nitrogen and oxygen atoms in total. The van der Waals surface area contributed by atoms with Crippen molar-refractivity contribution >= 4 is 11.3 Å². The van der Waals surface area contributed by atoms with Gasteiger partial charge in [-0.25, -0.2) is 0 Å². The third-order valence-corrected chi connectivity index (χ3v) is 3.53. The molecule has 16 heavy (non-hydrogen) atoms. The van der Waals surface area contributed by atoms with Crippen molar-refractivity contribution in [2.75, 3.05) is 7.05 Å². The summed E-state index contributed by atoms with van der Waals surface area (Å²) in [6, 6.07) is 6.83. The molecular formula is C13H16N2S. The molecular weight excluding hydrogens is 216 g/mol. The second-order valence-electron chi connectivity index (χ2n) is 3.92. The monoisotopic (exact) mass is 232 g/mol. The third-order valence-electron chi connectivity index (χ3n) is 2.63. The standard InChI is InChI=1S/C13H16N2S/c1-10-6-11(9-15-8-10)13(14-2)7-12-4-3-5-16-12/h3-6,8-9,13-14H,7H2,1-2H3. The molecule has 0 saturated heterocycles. The van der Waals surface area contributed by atoms with Crippen LogP contribution in [-0.2, 0) is 6.42 Å². The molecule has 0 spiro atoms. The maximum absolute atomic E-state index is 4.25. The molecule has 1 N–H and O–H groups in total. The highest BCUT2D eigenvalue weighted by Crippen LogP contribution is 2.20. The Balaban J connectivity index is 2.16. The van der Waals surface area contributed by atoms with Gasteiger partial charge in [-0.2, -0.15) is 0 Å². The number of pyridine rings is 1. The van der Waals surface area contributed by atoms with E-state index >= 15 is 0 Å². The summed E-state index contributed by atoms with van der Waals surface area (Å²) in [4.78, 5) is 5.65. The number of aromatic nitrogens is 1. The number of nitrogens with one attached hydrogen (secondary N) is 1. The van der Waals surface area contributed by atoms with Crippen molar-refractivity contribution < 1.29 is 0 Å². The lowest BCUT2D eigenvalue weighted by molar-refractivity contribution is 0.594. The van der Waals surface area contributed by atoms with Crippen LogP contribution in [0.4, 0.5) is 0 Å². The van der Waals surface area contributed by atoms with Gasteiger partial charge in [-0.3, -0.25) is 4.98 Å². The summed E-state index contributed by atoms with van der Waals surface area (Å²) in [6.07, 6.45) is 4.86. The maximum Gasteiger partial charge on any atom is 0.0381 e. The lowest BCUT2D eigenvalue weighted by Crippen LogP contribution is -2.18. The minimum Gasteiger partial charge on any atom is -0.313 e. The minimum atomic E-state index is 0.353. The van der Waals surface area contributed by atoms with Gasteiger partial charge in [0.2, 0.25) is 0 Å². The van der Waals surface area contributed by atoms with Gasteiger partial charge in [0.15, 0.2) is 0 Å². The van der Waals surface area contributed by atoms with Gasteiger partial charge in [-0.05, 0) is 36.5 Å². The summed E-state index contributed by atoms with van der Waals surface area (Å²) in [5.74, 6) is 0. The minimum absolute atomic E-state index is 0.353. The Morgan fingerprint density at radius 2 is 2.31 bits per heavy atom. The van der Waals surface area contributed by atoms with Crippen LogP contribution in [0.2, 0.25) is 0 Å². The molecule has 2 rings (SSSR count). The Bertz CT molecular complexity index is 437. The normalized spacial score (nSPS) is 12.6. The predicted octanol–water partition coefficient (Wildman–Crippen LogP) is 2.95. The fourth-order valence-corrected chi connectivity index (χ4v) is 2.54. The van der Waals surface area contributed by atoms with Crippen LogP contribution in [0, 0.1) is 6.92 Å². The Kier molecular flexibility index (Phi) is 3.70. The average molecular weight is 232 g/mol. The first kappa shape index (κ1) is 11.3. The van der Waals surface area contributed by atoms with Crippen LogP contribution in [-0.4, -0.2) is 12.0 Å². The zero-order valence-electron chi connectivity index (χ0n) is 9.60. The molecule has 0 saturated carbocycles. The molecule has 2 heterocycles. The smallest absolute Gasteiger partial charge is 0.0381 e. The Morgan fingerprint density at radius 3 is 2.94 bits per heavy atom. The van der Waals surface area contributed by atoms with E-state index < -0.39 is 0 Å². The molecule has 0 aliphatic heterocycles. The fraction of sp³-hybridized carbons (Fsp3) is 0.308. The summed E-state index contributed by atoms with van der Waals surface area (Å²) in [5, 5.41) is 5.47. The molecule has 0 aromatic carbocycles. The number of nitrogens with zero attached hydrogens (tertiary/aromatic N) is 1. The number of rotatable bonds is 4. The van der Waals surface area contributed by atoms with E-state index in [4.69, 9.17) is 0 Å². The van der Waals surface area contributed by atoms with Crippen LogP contribution in [0.5, 0.6) is 0 Å². The average Bonchev–Trinajstić information content (AvgIpc) is 2.78. The van der Waals surface area contributed by atoms with Crippen LogP contribution in [0.25, 0.3) is 0 Å². The number of aryl methyl sites for hydroxylation is 1. The van der Waals surface area contributed by atoms with Crippen molar-refractivity contribution in [2.24, 2.45) is 0 Å². The van der Waals surface area contributed by atoms with Crippen molar-refractivity contribution in [3.05, 3.63) is 52.0 Å². The van der Waals surface area contributed by atoms with Crippen LogP contribution in [0.15, 0.2) is 36.0 Å². The quantitative estimate of drug-likeness (QED) is 0.876. The predicted molar refractivity (Wildman–Crippen MR) is 68.8 cm³/mol. The van der Waals surface area contributed by atoms with E-state index in [1.165, 1.54) is 16.0 Å². The van der Waals surface area contributed by atoms with Gasteiger partial charge in [0, 0.05) is 29.7 Å². The molecule has 0 aliphatic carbocycles. The maximum atomic E-state index is 4.25. The summed E-state index contributed by atoms with van der Waals surface area (Å²) in [5.41, 5.74) is 2.47. The molecule has 1 unspecified atom stereocenters. The molecule has 0 amide bonds. The first-order valence-electron chi connectivity index (χ1n) is 5.41. The van der Waals surface area contributed by atoms with Crippen molar-refractivity contribution in [1.29, 1.82) is 0 Å². The van der Waals surface area contributed by atoms with Gasteiger partial charge in [-0.15, -0.1) is 11.3 Å². The lowest BCUT2D eigenvalue weighted by atomic mass is 10.0. The SMILES string of the molecule is CNC(Cc1cccs1)c1cncc(C)c1. The number of hydrogen-bond donors (Lipinski definition) is 1. The fourth-order valence-electron chi connectivity index (χ4n) is 1.79. The van der Waals surface area contributed by atoms with Gasteiger partial charge in [0.05, 0.1) is 0 Å². The van der Waals surface area contributed by atoms with Crippen molar-refractivity contribution in [3.8, 4) is 0 Å². The molecule has 0 radical (unpaired) electrons. The van der Waals surface area contributed by atoms with E-state index in [0.29, 0.717) is 6.04 Å². The number of likely N-dealkylation sites (N-methyl/N-ethyl adjacent to an activating group) is 1. The Morgan fingerprint density at radius 1 is 1.44 bits per heavy atom. The molecule has 1 atom stereocenters. The molecule has 84 valence electrons. The van der Waals surface area contributed by atoms with E-state index in [9.17, 15) is 0 Å². The molecule has 3 heteroatoms. The van der Waals surface area contributed by atoms with Crippen molar-refractivity contribution in [2.45, 2.75) is 19.4 Å². The Hall–Kier alpha value is -1.19. The van der Waals surface area contributed by atoms with E-state index in [1.807, 2.05) is 19.4 Å². The topological polar surface area (TPSA) is 24.9 Å². The third kappa shape index (κ3) is 2.68. The van der Waals surface area contributed by atoms with E-state index in [2.05, 4.69) is 40.8 Å². The summed E-state index contributed by atoms with van der Waals surface area (Å²) in [7, 11) is 2.00. The van der Waals surface area contributed by atoms with Crippen LogP contribution in [0.1, 0.15) is 22.0 Å². The highest BCUT2D eigenvalue weighted by molar-refractivity contribution is 7.09. The highest BCUT2D eigenvalue weighted by atomic mass is 32.1. The van der Waals surface area contributed by atoms with E-state index in [1.54, 1.807) is 11.3 Å². The molecule has 0 aliphatic rings. The molecule has 0 bridgehead atoms. The van der Waals surface area contributed by atoms with E-state index in [-0.39, 0.29) is 0 Å². The lowest BCUT2D eigenvalue weighted by Gasteiger charge is -2.15. The van der Waals surface area contributed by atoms with Crippen molar-refractivity contribution in [1.82, 2.24) is 10.3 Å². The van der Waals surface area contributed by atoms with Crippen LogP contribution in [0.3, 0.4) is 0 Å². The van der Waals surface area contributed by atoms with E-state index in [0.717, 1.165) is 6.42 Å². The summed E-state index contributed by atoms with van der Waals surface area (Å²) >= 11 is 1.81. The van der Waals surface area contributed by atoms with Gasteiger partial charge in [0.25, 0.3) is 0 Å². The highest BCUT2D eigenvalue weighted by Gasteiger charge is 2.10. The second kappa shape index (κ2) is 5.23. The van der Waals surface area contributed by atoms with Gasteiger partial charge < -0.3 is 5.32 Å². The summed E-state index contributed by atoms with van der Waals surface area (Å²) in [6.45, 7) is 2.08. The number of hydrogen-bond acceptors (Lipinski definition) is 3. The first-order chi connectivity index (χ1) is 7.79. The van der Waals surface area contributed by atoms with Gasteiger partial charge >= 0.3 is 0 Å². The van der Waals surface area contributed by atoms with Crippen LogP contribution < -0.4 is 5.32 Å². The molecule has 2 aromatic rings.